The first-order chi connectivity index (χ1) is 7.74. The van der Waals surface area contributed by atoms with Crippen molar-refractivity contribution in [3.8, 4) is 0 Å². The molecule has 16 heavy (non-hydrogen) atoms. The largest absolute Gasteiger partial charge is 0.383 e. The lowest BCUT2D eigenvalue weighted by Gasteiger charge is -2.10. The number of nitrogens with one attached hydrogen (secondary N) is 1. The standard InChI is InChI=1S/C12H20N2OS/c1-10(2)16-12-11(5-4-6-14-12)9-13-7-8-15-3/h4-6,10,13H,7-9H2,1-3H3. The van der Waals surface area contributed by atoms with E-state index in [1.54, 1.807) is 18.9 Å². The zero-order chi connectivity index (χ0) is 11.8. The summed E-state index contributed by atoms with van der Waals surface area (Å²) in [5, 5.41) is 5.03. The fourth-order valence-electron chi connectivity index (χ4n) is 1.29. The molecule has 0 saturated heterocycles. The summed E-state index contributed by atoms with van der Waals surface area (Å²) in [4.78, 5) is 4.41. The Morgan fingerprint density at radius 1 is 1.50 bits per heavy atom. The van der Waals surface area contributed by atoms with E-state index in [1.165, 1.54) is 5.56 Å². The summed E-state index contributed by atoms with van der Waals surface area (Å²) < 4.78 is 4.99. The van der Waals surface area contributed by atoms with E-state index in [0.717, 1.165) is 24.7 Å². The van der Waals surface area contributed by atoms with Crippen molar-refractivity contribution in [2.75, 3.05) is 20.3 Å². The molecule has 4 heteroatoms. The van der Waals surface area contributed by atoms with Crippen LogP contribution in [0.1, 0.15) is 19.4 Å². The molecule has 0 aromatic carbocycles. The van der Waals surface area contributed by atoms with Gasteiger partial charge in [-0.1, -0.05) is 19.9 Å². The van der Waals surface area contributed by atoms with Gasteiger partial charge in [0.25, 0.3) is 0 Å². The average Bonchev–Trinajstić information content (AvgIpc) is 2.26. The van der Waals surface area contributed by atoms with E-state index in [4.69, 9.17) is 4.74 Å². The first kappa shape index (κ1) is 13.5. The summed E-state index contributed by atoms with van der Waals surface area (Å²) >= 11 is 1.81. The van der Waals surface area contributed by atoms with Crippen LogP contribution in [0.2, 0.25) is 0 Å². The van der Waals surface area contributed by atoms with Gasteiger partial charge < -0.3 is 10.1 Å². The number of hydrogen-bond acceptors (Lipinski definition) is 4. The number of pyridine rings is 1. The van der Waals surface area contributed by atoms with E-state index in [0.29, 0.717) is 5.25 Å². The smallest absolute Gasteiger partial charge is 0.101 e. The van der Waals surface area contributed by atoms with Crippen LogP contribution in [0.3, 0.4) is 0 Å². The van der Waals surface area contributed by atoms with Crippen LogP contribution in [0.5, 0.6) is 0 Å². The summed E-state index contributed by atoms with van der Waals surface area (Å²) in [5.41, 5.74) is 1.26. The van der Waals surface area contributed by atoms with E-state index < -0.39 is 0 Å². The molecule has 0 aliphatic rings. The first-order valence-electron chi connectivity index (χ1n) is 5.54. The SMILES string of the molecule is COCCNCc1cccnc1SC(C)C. The molecule has 0 bridgehead atoms. The van der Waals surface area contributed by atoms with Gasteiger partial charge in [0.1, 0.15) is 5.03 Å². The number of ether oxygens (including phenoxy) is 1. The second-order valence-electron chi connectivity index (χ2n) is 3.80. The molecule has 1 rings (SSSR count). The number of nitrogens with zero attached hydrogens (tertiary/aromatic N) is 1. The molecular weight excluding hydrogens is 220 g/mol. The molecule has 0 amide bonds. The number of methoxy groups -OCH3 is 1. The zero-order valence-electron chi connectivity index (χ0n) is 10.2. The van der Waals surface area contributed by atoms with Gasteiger partial charge in [-0.25, -0.2) is 4.98 Å². The third-order valence-corrected chi connectivity index (χ3v) is 3.06. The van der Waals surface area contributed by atoms with Gasteiger partial charge in [0, 0.05) is 31.6 Å². The predicted octanol–water partition coefficient (Wildman–Crippen LogP) is 2.32. The molecule has 0 aliphatic heterocycles. The Labute approximate surface area is 102 Å². The second kappa shape index (κ2) is 7.65. The lowest BCUT2D eigenvalue weighted by molar-refractivity contribution is 0.199. The molecule has 1 N–H and O–H groups in total. The van der Waals surface area contributed by atoms with Gasteiger partial charge in [0.2, 0.25) is 0 Å². The van der Waals surface area contributed by atoms with Crippen molar-refractivity contribution in [3.05, 3.63) is 23.9 Å². The molecule has 0 saturated carbocycles. The molecule has 0 radical (unpaired) electrons. The average molecular weight is 240 g/mol. The Kier molecular flexibility index (Phi) is 6.45. The third kappa shape index (κ3) is 4.96. The van der Waals surface area contributed by atoms with Crippen LogP contribution in [0.4, 0.5) is 0 Å². The van der Waals surface area contributed by atoms with Crippen LogP contribution in [0.15, 0.2) is 23.4 Å². The molecule has 0 aliphatic carbocycles. The van der Waals surface area contributed by atoms with Crippen LogP contribution in [0.25, 0.3) is 0 Å². The minimum absolute atomic E-state index is 0.563. The summed E-state index contributed by atoms with van der Waals surface area (Å²) in [5.74, 6) is 0. The number of aromatic nitrogens is 1. The lowest BCUT2D eigenvalue weighted by atomic mass is 10.3. The highest BCUT2D eigenvalue weighted by molar-refractivity contribution is 7.99. The van der Waals surface area contributed by atoms with Crippen LogP contribution in [-0.4, -0.2) is 30.5 Å². The van der Waals surface area contributed by atoms with Crippen LogP contribution < -0.4 is 5.32 Å². The van der Waals surface area contributed by atoms with E-state index in [-0.39, 0.29) is 0 Å². The normalized spacial score (nSPS) is 11.0. The quantitative estimate of drug-likeness (QED) is 0.586. The van der Waals surface area contributed by atoms with Crippen molar-refractivity contribution in [3.63, 3.8) is 0 Å². The topological polar surface area (TPSA) is 34.1 Å². The van der Waals surface area contributed by atoms with Gasteiger partial charge in [-0.05, 0) is 11.6 Å². The van der Waals surface area contributed by atoms with Gasteiger partial charge in [-0.15, -0.1) is 11.8 Å². The maximum atomic E-state index is 4.99. The fraction of sp³-hybridized carbons (Fsp3) is 0.583. The molecule has 1 aromatic heterocycles. The molecule has 3 nitrogen and oxygen atoms in total. The van der Waals surface area contributed by atoms with Gasteiger partial charge in [-0.3, -0.25) is 0 Å². The lowest BCUT2D eigenvalue weighted by Crippen LogP contribution is -2.19. The van der Waals surface area contributed by atoms with E-state index >= 15 is 0 Å². The molecule has 1 aromatic rings. The van der Waals surface area contributed by atoms with Crippen LogP contribution >= 0.6 is 11.8 Å². The highest BCUT2D eigenvalue weighted by Gasteiger charge is 2.05. The van der Waals surface area contributed by atoms with Crippen LogP contribution in [0, 0.1) is 0 Å². The van der Waals surface area contributed by atoms with Crippen molar-refractivity contribution >= 4 is 11.8 Å². The Bertz CT molecular complexity index is 305. The van der Waals surface area contributed by atoms with Gasteiger partial charge >= 0.3 is 0 Å². The minimum atomic E-state index is 0.563. The summed E-state index contributed by atoms with van der Waals surface area (Å²) in [6, 6.07) is 4.11. The zero-order valence-corrected chi connectivity index (χ0v) is 11.0. The summed E-state index contributed by atoms with van der Waals surface area (Å²) in [6.45, 7) is 6.83. The molecule has 0 atom stereocenters. The Morgan fingerprint density at radius 2 is 2.31 bits per heavy atom. The summed E-state index contributed by atoms with van der Waals surface area (Å²) in [7, 11) is 1.71. The number of hydrogen-bond donors (Lipinski definition) is 1. The van der Waals surface area contributed by atoms with Crippen molar-refractivity contribution < 1.29 is 4.74 Å². The Balaban J connectivity index is 2.50. The molecule has 1 heterocycles. The molecule has 0 fully saturated rings. The second-order valence-corrected chi connectivity index (χ2v) is 5.37. The molecule has 0 unspecified atom stereocenters. The Hall–Kier alpha value is -0.580. The van der Waals surface area contributed by atoms with E-state index in [9.17, 15) is 0 Å². The molecule has 90 valence electrons. The molecular formula is C12H20N2OS. The van der Waals surface area contributed by atoms with Crippen molar-refractivity contribution in [2.24, 2.45) is 0 Å². The first-order valence-corrected chi connectivity index (χ1v) is 6.42. The minimum Gasteiger partial charge on any atom is -0.383 e. The van der Waals surface area contributed by atoms with Gasteiger partial charge in [-0.2, -0.15) is 0 Å². The number of rotatable bonds is 7. The highest BCUT2D eigenvalue weighted by atomic mass is 32.2. The van der Waals surface area contributed by atoms with Gasteiger partial charge in [0.15, 0.2) is 0 Å². The maximum absolute atomic E-state index is 4.99. The van der Waals surface area contributed by atoms with Crippen LogP contribution in [-0.2, 0) is 11.3 Å². The van der Waals surface area contributed by atoms with Crippen molar-refractivity contribution in [1.29, 1.82) is 0 Å². The Morgan fingerprint density at radius 3 is 3.00 bits per heavy atom. The van der Waals surface area contributed by atoms with Crippen molar-refractivity contribution in [1.82, 2.24) is 10.3 Å². The van der Waals surface area contributed by atoms with E-state index in [2.05, 4.69) is 30.2 Å². The third-order valence-electron chi connectivity index (χ3n) is 2.00. The maximum Gasteiger partial charge on any atom is 0.101 e. The predicted molar refractivity (Wildman–Crippen MR) is 68.8 cm³/mol. The van der Waals surface area contributed by atoms with Gasteiger partial charge in [0.05, 0.1) is 6.61 Å². The highest BCUT2D eigenvalue weighted by Crippen LogP contribution is 2.23. The fourth-order valence-corrected chi connectivity index (χ4v) is 2.15. The monoisotopic (exact) mass is 240 g/mol. The van der Waals surface area contributed by atoms with E-state index in [1.807, 2.05) is 12.3 Å². The number of thioether (sulfide) groups is 1. The molecule has 0 spiro atoms. The summed E-state index contributed by atoms with van der Waals surface area (Å²) in [6.07, 6.45) is 1.85. The van der Waals surface area contributed by atoms with Crippen molar-refractivity contribution in [2.45, 2.75) is 30.7 Å².